The van der Waals surface area contributed by atoms with E-state index in [1.165, 1.54) is 27.1 Å². The van der Waals surface area contributed by atoms with Crippen LogP contribution in [-0.2, 0) is 0 Å². The molecule has 2 aromatic heterocycles. The molecule has 0 saturated heterocycles. The maximum atomic E-state index is 6.45. The van der Waals surface area contributed by atoms with Crippen LogP contribution in [0.15, 0.2) is 162 Å². The highest BCUT2D eigenvalue weighted by molar-refractivity contribution is 6.15. The van der Waals surface area contributed by atoms with Crippen LogP contribution in [0.5, 0.6) is 0 Å². The van der Waals surface area contributed by atoms with Gasteiger partial charge in [-0.3, -0.25) is 0 Å². The van der Waals surface area contributed by atoms with Gasteiger partial charge >= 0.3 is 0 Å². The Labute approximate surface area is 260 Å². The molecule has 0 atom stereocenters. The molecule has 3 nitrogen and oxygen atoms in total. The first-order valence-electron chi connectivity index (χ1n) is 15.2. The summed E-state index contributed by atoms with van der Waals surface area (Å²) < 4.78 is 6.45. The topological polar surface area (TPSA) is 38.9 Å². The Kier molecular flexibility index (Phi) is 5.82. The lowest BCUT2D eigenvalue weighted by Gasteiger charge is -2.11. The van der Waals surface area contributed by atoms with Gasteiger partial charge in [0.25, 0.3) is 0 Å². The van der Waals surface area contributed by atoms with E-state index >= 15 is 0 Å². The van der Waals surface area contributed by atoms with Crippen molar-refractivity contribution in [2.24, 2.45) is 0 Å². The van der Waals surface area contributed by atoms with Crippen LogP contribution in [0, 0.1) is 0 Å². The van der Waals surface area contributed by atoms with Crippen molar-refractivity contribution < 1.29 is 4.42 Å². The van der Waals surface area contributed by atoms with Crippen LogP contribution in [0.1, 0.15) is 0 Å². The van der Waals surface area contributed by atoms with E-state index in [-0.39, 0.29) is 0 Å². The predicted octanol–water partition coefficient (Wildman–Crippen LogP) is 11.4. The van der Waals surface area contributed by atoms with Gasteiger partial charge in [-0.15, -0.1) is 0 Å². The molecule has 45 heavy (non-hydrogen) atoms. The highest BCUT2D eigenvalue weighted by Gasteiger charge is 2.15. The van der Waals surface area contributed by atoms with Crippen molar-refractivity contribution in [3.63, 3.8) is 0 Å². The van der Waals surface area contributed by atoms with Crippen LogP contribution in [0.4, 0.5) is 0 Å². The Morgan fingerprint density at radius 2 is 0.978 bits per heavy atom. The summed E-state index contributed by atoms with van der Waals surface area (Å²) in [6.07, 6.45) is 0. The van der Waals surface area contributed by atoms with Gasteiger partial charge in [-0.1, -0.05) is 115 Å². The summed E-state index contributed by atoms with van der Waals surface area (Å²) in [4.78, 5) is 10.1. The molecule has 0 N–H and O–H groups in total. The van der Waals surface area contributed by atoms with Gasteiger partial charge in [-0.05, 0) is 75.1 Å². The zero-order chi connectivity index (χ0) is 29.7. The third-order valence-corrected chi connectivity index (χ3v) is 8.67. The summed E-state index contributed by atoms with van der Waals surface area (Å²) in [6, 6.07) is 55.0. The summed E-state index contributed by atoms with van der Waals surface area (Å²) in [6.45, 7) is 0. The summed E-state index contributed by atoms with van der Waals surface area (Å²) in [5.74, 6) is 0.686. The van der Waals surface area contributed by atoms with Gasteiger partial charge in [-0.2, -0.15) is 0 Å². The van der Waals surface area contributed by atoms with Crippen molar-refractivity contribution in [3.8, 4) is 45.0 Å². The Hall–Kier alpha value is -6.06. The lowest BCUT2D eigenvalue weighted by molar-refractivity contribution is 0.669. The number of fused-ring (bicyclic) bond motifs is 6. The van der Waals surface area contributed by atoms with E-state index in [2.05, 4.69) is 115 Å². The van der Waals surface area contributed by atoms with Crippen molar-refractivity contribution in [1.82, 2.24) is 9.97 Å². The van der Waals surface area contributed by atoms with Gasteiger partial charge in [0.05, 0.1) is 11.4 Å². The van der Waals surface area contributed by atoms with E-state index in [0.29, 0.717) is 5.82 Å². The van der Waals surface area contributed by atoms with Crippen LogP contribution >= 0.6 is 0 Å². The van der Waals surface area contributed by atoms with Gasteiger partial charge in [0, 0.05) is 27.5 Å². The average Bonchev–Trinajstić information content (AvgIpc) is 3.49. The first kappa shape index (κ1) is 25.4. The van der Waals surface area contributed by atoms with Gasteiger partial charge in [0.15, 0.2) is 5.82 Å². The average molecular weight is 575 g/mol. The Balaban J connectivity index is 1.19. The molecule has 0 aliphatic rings. The molecule has 0 saturated carbocycles. The molecule has 210 valence electrons. The van der Waals surface area contributed by atoms with Crippen molar-refractivity contribution in [3.05, 3.63) is 158 Å². The van der Waals surface area contributed by atoms with E-state index in [4.69, 9.17) is 14.4 Å². The minimum atomic E-state index is 0.686. The second-order valence-corrected chi connectivity index (χ2v) is 11.4. The zero-order valence-electron chi connectivity index (χ0n) is 24.3. The summed E-state index contributed by atoms with van der Waals surface area (Å²) >= 11 is 0. The summed E-state index contributed by atoms with van der Waals surface area (Å²) in [5, 5.41) is 7.11. The van der Waals surface area contributed by atoms with E-state index in [1.54, 1.807) is 0 Å². The fourth-order valence-corrected chi connectivity index (χ4v) is 6.47. The SMILES string of the molecule is c1ccc(-c2cc(-c3ccccc3)nc(-c3ccc4oc5cc(-c6cc7ccccc7c7ccccc67)ccc5c4c3)n2)cc1. The minimum absolute atomic E-state index is 0.686. The Bertz CT molecular complexity index is 2470. The van der Waals surface area contributed by atoms with Crippen LogP contribution in [0.3, 0.4) is 0 Å². The lowest BCUT2D eigenvalue weighted by Crippen LogP contribution is -1.95. The first-order valence-corrected chi connectivity index (χ1v) is 15.2. The van der Waals surface area contributed by atoms with Gasteiger partial charge in [0.2, 0.25) is 0 Å². The van der Waals surface area contributed by atoms with Crippen molar-refractivity contribution in [1.29, 1.82) is 0 Å². The summed E-state index contributed by atoms with van der Waals surface area (Å²) in [5.41, 5.74) is 8.89. The van der Waals surface area contributed by atoms with Crippen molar-refractivity contribution in [2.75, 3.05) is 0 Å². The zero-order valence-corrected chi connectivity index (χ0v) is 24.3. The fourth-order valence-electron chi connectivity index (χ4n) is 6.47. The fraction of sp³-hybridized carbons (Fsp3) is 0. The number of hydrogen-bond donors (Lipinski definition) is 0. The second-order valence-electron chi connectivity index (χ2n) is 11.4. The Morgan fingerprint density at radius 3 is 1.71 bits per heavy atom. The molecule has 2 heterocycles. The highest BCUT2D eigenvalue weighted by atomic mass is 16.3. The molecular formula is C42H26N2O. The van der Waals surface area contributed by atoms with Crippen LogP contribution < -0.4 is 0 Å². The largest absolute Gasteiger partial charge is 0.456 e. The molecule has 9 aromatic rings. The Morgan fingerprint density at radius 1 is 0.356 bits per heavy atom. The van der Waals surface area contributed by atoms with Gasteiger partial charge < -0.3 is 4.42 Å². The standard InChI is InChI=1S/C42H26N2O/c1-3-11-27(12-4-1)38-26-39(28-13-5-2-6-14-28)44-42(43-38)31-20-22-40-37(24-31)35-21-19-30(25-41(35)45-40)36-23-29-15-7-8-16-32(29)33-17-9-10-18-34(33)36/h1-26H. The molecule has 0 aliphatic carbocycles. The first-order chi connectivity index (χ1) is 22.3. The van der Waals surface area contributed by atoms with Crippen LogP contribution in [0.2, 0.25) is 0 Å². The monoisotopic (exact) mass is 574 g/mol. The van der Waals surface area contributed by atoms with Gasteiger partial charge in [0.1, 0.15) is 11.2 Å². The molecule has 0 unspecified atom stereocenters. The predicted molar refractivity (Wildman–Crippen MR) is 186 cm³/mol. The molecular weight excluding hydrogens is 548 g/mol. The molecule has 0 radical (unpaired) electrons. The maximum absolute atomic E-state index is 6.45. The third kappa shape index (κ3) is 4.37. The smallest absolute Gasteiger partial charge is 0.160 e. The normalized spacial score (nSPS) is 11.6. The number of hydrogen-bond acceptors (Lipinski definition) is 3. The molecule has 0 amide bonds. The van der Waals surface area contributed by atoms with Crippen molar-refractivity contribution >= 4 is 43.5 Å². The quantitative estimate of drug-likeness (QED) is 0.196. The third-order valence-electron chi connectivity index (χ3n) is 8.67. The molecule has 0 fully saturated rings. The molecule has 7 aromatic carbocycles. The van der Waals surface area contributed by atoms with Crippen LogP contribution in [0.25, 0.3) is 88.5 Å². The molecule has 0 spiro atoms. The number of nitrogens with zero attached hydrogens (tertiary/aromatic N) is 2. The molecule has 3 heteroatoms. The van der Waals surface area contributed by atoms with E-state index < -0.39 is 0 Å². The van der Waals surface area contributed by atoms with E-state index in [0.717, 1.165) is 55.6 Å². The maximum Gasteiger partial charge on any atom is 0.160 e. The highest BCUT2D eigenvalue weighted by Crippen LogP contribution is 2.39. The van der Waals surface area contributed by atoms with E-state index in [1.807, 2.05) is 42.5 Å². The minimum Gasteiger partial charge on any atom is -0.456 e. The molecule has 9 rings (SSSR count). The second kappa shape index (κ2) is 10.3. The number of rotatable bonds is 4. The number of aromatic nitrogens is 2. The van der Waals surface area contributed by atoms with Gasteiger partial charge in [-0.25, -0.2) is 9.97 Å². The number of benzene rings is 7. The van der Waals surface area contributed by atoms with Crippen molar-refractivity contribution in [2.45, 2.75) is 0 Å². The molecule has 0 aliphatic heterocycles. The van der Waals surface area contributed by atoms with E-state index in [9.17, 15) is 0 Å². The summed E-state index contributed by atoms with van der Waals surface area (Å²) in [7, 11) is 0. The lowest BCUT2D eigenvalue weighted by atomic mass is 9.93. The van der Waals surface area contributed by atoms with Crippen LogP contribution in [-0.4, -0.2) is 9.97 Å². The molecule has 0 bridgehead atoms. The number of furan rings is 1.